The predicted molar refractivity (Wildman–Crippen MR) is 199 cm³/mol. The molecule has 3 aromatic heterocycles. The quantitative estimate of drug-likeness (QED) is 0.197. The number of rotatable bonds is 4. The minimum atomic E-state index is 0.814. The van der Waals surface area contributed by atoms with Crippen LogP contribution in [0.1, 0.15) is 5.56 Å². The van der Waals surface area contributed by atoms with Crippen LogP contribution in [-0.2, 0) is 7.05 Å². The van der Waals surface area contributed by atoms with Crippen molar-refractivity contribution in [2.24, 2.45) is 7.05 Å². The molecule has 0 N–H and O–H groups in total. The Bertz CT molecular complexity index is 2890. The molecule has 0 unspecified atom stereocenters. The molecule has 0 aliphatic carbocycles. The average molecular weight is 619 g/mol. The number of ether oxygens (including phenoxy) is 1. The number of aryl methyl sites for hydroxylation is 2. The summed E-state index contributed by atoms with van der Waals surface area (Å²) in [6.07, 6.45) is 0. The topological polar surface area (TPSA) is 32.2 Å². The number of para-hydroxylation sites is 3. The third-order valence-electron chi connectivity index (χ3n) is 9.91. The molecule has 228 valence electrons. The van der Waals surface area contributed by atoms with Crippen LogP contribution >= 0.6 is 0 Å². The van der Waals surface area contributed by atoms with Crippen LogP contribution in [0, 0.1) is 6.92 Å². The largest absolute Gasteiger partial charge is 0.457 e. The molecule has 48 heavy (non-hydrogen) atoms. The van der Waals surface area contributed by atoms with E-state index in [1.165, 1.54) is 32.6 Å². The van der Waals surface area contributed by atoms with Crippen molar-refractivity contribution in [1.82, 2.24) is 9.13 Å². The maximum absolute atomic E-state index is 6.42. The zero-order valence-electron chi connectivity index (χ0n) is 26.6. The second kappa shape index (κ2) is 10.1. The van der Waals surface area contributed by atoms with Gasteiger partial charge in [-0.25, -0.2) is 0 Å². The van der Waals surface area contributed by atoms with Gasteiger partial charge in [0, 0.05) is 62.7 Å². The van der Waals surface area contributed by atoms with Gasteiger partial charge in [0.1, 0.15) is 22.7 Å². The van der Waals surface area contributed by atoms with Crippen molar-refractivity contribution >= 4 is 65.6 Å². The number of benzene rings is 7. The highest BCUT2D eigenvalue weighted by Crippen LogP contribution is 2.40. The summed E-state index contributed by atoms with van der Waals surface area (Å²) in [6, 6.07) is 51.6. The lowest BCUT2D eigenvalue weighted by Crippen LogP contribution is -1.94. The molecule has 0 saturated heterocycles. The molecule has 0 atom stereocenters. The number of hydrogen-bond donors (Lipinski definition) is 0. The highest BCUT2D eigenvalue weighted by molar-refractivity contribution is 6.17. The molecule has 0 aliphatic rings. The van der Waals surface area contributed by atoms with E-state index < -0.39 is 0 Å². The van der Waals surface area contributed by atoms with Crippen molar-refractivity contribution in [1.29, 1.82) is 0 Å². The summed E-state index contributed by atoms with van der Waals surface area (Å²) >= 11 is 0. The number of nitrogens with zero attached hydrogens (tertiary/aromatic N) is 2. The lowest BCUT2D eigenvalue weighted by molar-refractivity contribution is 0.479. The number of fused-ring (bicyclic) bond motifs is 9. The summed E-state index contributed by atoms with van der Waals surface area (Å²) in [5.41, 5.74) is 11.0. The predicted octanol–water partition coefficient (Wildman–Crippen LogP) is 12.1. The molecule has 0 saturated carbocycles. The van der Waals surface area contributed by atoms with Crippen LogP contribution in [-0.4, -0.2) is 9.13 Å². The Balaban J connectivity index is 1.16. The van der Waals surface area contributed by atoms with Gasteiger partial charge in [-0.05, 0) is 84.3 Å². The van der Waals surface area contributed by atoms with Crippen molar-refractivity contribution in [3.63, 3.8) is 0 Å². The van der Waals surface area contributed by atoms with E-state index in [0.717, 1.165) is 66.8 Å². The standard InChI is InChI=1S/C44H30N2O2/c1-27-10-6-9-15-42(27)47-31-18-20-34-33-19-16-29(23-40(33)46(41(34)24-31)30-11-4-3-5-12-30)28-17-21-43-36(22-28)37-25-35-32-13-7-8-14-38(32)45(2)39(35)26-44(37)48-43/h3-26H,1-2H3. The van der Waals surface area contributed by atoms with Crippen LogP contribution in [0.4, 0.5) is 0 Å². The Kier molecular flexibility index (Phi) is 5.67. The van der Waals surface area contributed by atoms with Crippen LogP contribution in [0.25, 0.3) is 82.4 Å². The normalized spacial score (nSPS) is 12.0. The highest BCUT2D eigenvalue weighted by atomic mass is 16.5. The van der Waals surface area contributed by atoms with Crippen LogP contribution in [0.2, 0.25) is 0 Å². The molecule has 0 amide bonds. The molecule has 4 heteroatoms. The van der Waals surface area contributed by atoms with Gasteiger partial charge < -0.3 is 18.3 Å². The van der Waals surface area contributed by atoms with Crippen LogP contribution < -0.4 is 4.74 Å². The van der Waals surface area contributed by atoms with E-state index in [0.29, 0.717) is 0 Å². The lowest BCUT2D eigenvalue weighted by atomic mass is 10.0. The number of hydrogen-bond acceptors (Lipinski definition) is 2. The van der Waals surface area contributed by atoms with E-state index in [1.807, 2.05) is 18.2 Å². The average Bonchev–Trinajstić information content (AvgIpc) is 3.75. The Hall–Kier alpha value is -6.26. The molecule has 0 aliphatic heterocycles. The first-order valence-corrected chi connectivity index (χ1v) is 16.3. The smallest absolute Gasteiger partial charge is 0.137 e. The second-order valence-corrected chi connectivity index (χ2v) is 12.7. The summed E-state index contributed by atoms with van der Waals surface area (Å²) in [5, 5.41) is 7.15. The molecule has 4 nitrogen and oxygen atoms in total. The number of furan rings is 1. The zero-order valence-corrected chi connectivity index (χ0v) is 26.6. The zero-order chi connectivity index (χ0) is 31.9. The van der Waals surface area contributed by atoms with E-state index in [-0.39, 0.29) is 0 Å². The van der Waals surface area contributed by atoms with Gasteiger partial charge >= 0.3 is 0 Å². The van der Waals surface area contributed by atoms with Gasteiger partial charge in [-0.15, -0.1) is 0 Å². The van der Waals surface area contributed by atoms with Gasteiger partial charge in [-0.3, -0.25) is 0 Å². The molecule has 0 bridgehead atoms. The van der Waals surface area contributed by atoms with Crippen LogP contribution in [0.5, 0.6) is 11.5 Å². The Morgan fingerprint density at radius 2 is 1.17 bits per heavy atom. The third kappa shape index (κ3) is 3.96. The van der Waals surface area contributed by atoms with Crippen molar-refractivity contribution in [3.05, 3.63) is 151 Å². The van der Waals surface area contributed by atoms with E-state index in [1.54, 1.807) is 0 Å². The maximum atomic E-state index is 6.42. The molecule has 3 heterocycles. The van der Waals surface area contributed by atoms with Crippen molar-refractivity contribution < 1.29 is 9.15 Å². The molecular formula is C44H30N2O2. The summed E-state index contributed by atoms with van der Waals surface area (Å²) in [6.45, 7) is 2.07. The SMILES string of the molecule is Cc1ccccc1Oc1ccc2c3ccc(-c4ccc5oc6cc7c(cc6c5c4)c4ccccc4n7C)cc3n(-c3ccccc3)c2c1. The molecular weight excluding hydrogens is 588 g/mol. The monoisotopic (exact) mass is 618 g/mol. The molecule has 7 aromatic carbocycles. The van der Waals surface area contributed by atoms with E-state index in [9.17, 15) is 0 Å². The van der Waals surface area contributed by atoms with Gasteiger partial charge in [0.25, 0.3) is 0 Å². The van der Waals surface area contributed by atoms with Gasteiger partial charge in [0.05, 0.1) is 16.6 Å². The van der Waals surface area contributed by atoms with Gasteiger partial charge in [0.15, 0.2) is 0 Å². The van der Waals surface area contributed by atoms with Crippen LogP contribution in [0.15, 0.2) is 150 Å². The molecule has 0 spiro atoms. The Labute approximate surface area is 276 Å². The summed E-state index contributed by atoms with van der Waals surface area (Å²) in [5.74, 6) is 1.68. The summed E-state index contributed by atoms with van der Waals surface area (Å²) < 4.78 is 17.4. The van der Waals surface area contributed by atoms with Crippen molar-refractivity contribution in [3.8, 4) is 28.3 Å². The molecule has 0 fully saturated rings. The molecule has 10 rings (SSSR count). The van der Waals surface area contributed by atoms with Gasteiger partial charge in [-0.1, -0.05) is 72.8 Å². The first-order valence-electron chi connectivity index (χ1n) is 16.3. The number of aromatic nitrogens is 2. The first-order chi connectivity index (χ1) is 23.6. The summed E-state index contributed by atoms with van der Waals surface area (Å²) in [4.78, 5) is 0. The fourth-order valence-corrected chi connectivity index (χ4v) is 7.50. The van der Waals surface area contributed by atoms with Crippen molar-refractivity contribution in [2.75, 3.05) is 0 Å². The van der Waals surface area contributed by atoms with Crippen molar-refractivity contribution in [2.45, 2.75) is 6.92 Å². The fraction of sp³-hybridized carbons (Fsp3) is 0.0455. The Morgan fingerprint density at radius 3 is 2.04 bits per heavy atom. The third-order valence-corrected chi connectivity index (χ3v) is 9.91. The lowest BCUT2D eigenvalue weighted by Gasteiger charge is -2.11. The van der Waals surface area contributed by atoms with Gasteiger partial charge in [0.2, 0.25) is 0 Å². The molecule has 10 aromatic rings. The minimum Gasteiger partial charge on any atom is -0.457 e. The molecule has 0 radical (unpaired) electrons. The van der Waals surface area contributed by atoms with E-state index in [4.69, 9.17) is 9.15 Å². The summed E-state index contributed by atoms with van der Waals surface area (Å²) in [7, 11) is 2.13. The van der Waals surface area contributed by atoms with E-state index >= 15 is 0 Å². The fourth-order valence-electron chi connectivity index (χ4n) is 7.50. The van der Waals surface area contributed by atoms with E-state index in [2.05, 4.69) is 150 Å². The Morgan fingerprint density at radius 1 is 0.479 bits per heavy atom. The maximum Gasteiger partial charge on any atom is 0.137 e. The van der Waals surface area contributed by atoms with Gasteiger partial charge in [-0.2, -0.15) is 0 Å². The first kappa shape index (κ1) is 26.9. The highest BCUT2D eigenvalue weighted by Gasteiger charge is 2.17. The second-order valence-electron chi connectivity index (χ2n) is 12.7. The minimum absolute atomic E-state index is 0.814. The van der Waals surface area contributed by atoms with Crippen LogP contribution in [0.3, 0.4) is 0 Å².